The zero-order valence-corrected chi connectivity index (χ0v) is 9.49. The molecule has 1 aliphatic rings. The van der Waals surface area contributed by atoms with Gasteiger partial charge in [-0.15, -0.1) is 0 Å². The monoisotopic (exact) mass is 212 g/mol. The lowest BCUT2D eigenvalue weighted by molar-refractivity contribution is -0.142. The summed E-state index contributed by atoms with van der Waals surface area (Å²) in [6.07, 6.45) is 0.625. The van der Waals surface area contributed by atoms with Gasteiger partial charge in [0.25, 0.3) is 0 Å². The highest BCUT2D eigenvalue weighted by Crippen LogP contribution is 2.41. The summed E-state index contributed by atoms with van der Waals surface area (Å²) in [5, 5.41) is 0. The molecule has 1 rings (SSSR count). The van der Waals surface area contributed by atoms with Crippen molar-refractivity contribution in [3.8, 4) is 0 Å². The van der Waals surface area contributed by atoms with Crippen LogP contribution in [0, 0.1) is 5.92 Å². The molecule has 1 fully saturated rings. The molecule has 0 aromatic heterocycles. The number of esters is 2. The molecule has 0 N–H and O–H groups in total. The molecule has 0 saturated heterocycles. The van der Waals surface area contributed by atoms with Crippen LogP contribution in [0.5, 0.6) is 0 Å². The summed E-state index contributed by atoms with van der Waals surface area (Å²) < 4.78 is 10.1. The van der Waals surface area contributed by atoms with Gasteiger partial charge < -0.3 is 9.47 Å². The average Bonchev–Trinajstić information content (AvgIpc) is 2.77. The molecule has 1 saturated carbocycles. The number of hydrogen-bond donors (Lipinski definition) is 0. The van der Waals surface area contributed by atoms with Gasteiger partial charge >= 0.3 is 11.9 Å². The van der Waals surface area contributed by atoms with Crippen molar-refractivity contribution >= 4 is 11.9 Å². The Balaban J connectivity index is 2.59. The van der Waals surface area contributed by atoms with Crippen LogP contribution in [0.15, 0.2) is 11.3 Å². The second kappa shape index (κ2) is 4.47. The van der Waals surface area contributed by atoms with Gasteiger partial charge in [0, 0.05) is 13.8 Å². The van der Waals surface area contributed by atoms with Crippen molar-refractivity contribution in [1.82, 2.24) is 0 Å². The number of carbonyl (C=O) groups is 2. The average molecular weight is 212 g/mol. The Kier molecular flexibility index (Phi) is 3.50. The highest BCUT2D eigenvalue weighted by atomic mass is 16.6. The van der Waals surface area contributed by atoms with Crippen molar-refractivity contribution in [2.24, 2.45) is 5.92 Å². The Morgan fingerprint density at radius 2 is 1.67 bits per heavy atom. The van der Waals surface area contributed by atoms with Gasteiger partial charge in [-0.1, -0.05) is 0 Å². The van der Waals surface area contributed by atoms with Gasteiger partial charge in [-0.3, -0.25) is 9.59 Å². The van der Waals surface area contributed by atoms with E-state index in [1.165, 1.54) is 13.8 Å². The minimum Gasteiger partial charge on any atom is -0.462 e. The van der Waals surface area contributed by atoms with E-state index in [0.717, 1.165) is 12.0 Å². The maximum absolute atomic E-state index is 10.9. The lowest BCUT2D eigenvalue weighted by atomic mass is 10.2. The fourth-order valence-corrected chi connectivity index (χ4v) is 1.49. The van der Waals surface area contributed by atoms with Gasteiger partial charge in [0.05, 0.1) is 5.92 Å². The molecule has 0 bridgehead atoms. The Labute approximate surface area is 89.2 Å². The van der Waals surface area contributed by atoms with Gasteiger partial charge in [0.15, 0.2) is 0 Å². The zero-order valence-electron chi connectivity index (χ0n) is 9.49. The fourth-order valence-electron chi connectivity index (χ4n) is 1.49. The number of ether oxygens (including phenoxy) is 2. The fraction of sp³-hybridized carbons (Fsp3) is 0.636. The first-order chi connectivity index (χ1) is 6.91. The summed E-state index contributed by atoms with van der Waals surface area (Å²) in [7, 11) is 0. The van der Waals surface area contributed by atoms with E-state index in [1.54, 1.807) is 0 Å². The largest absolute Gasteiger partial charge is 0.462 e. The molecule has 84 valence electrons. The summed E-state index contributed by atoms with van der Waals surface area (Å²) >= 11 is 0. The molecule has 0 spiro atoms. The molecular weight excluding hydrogens is 196 g/mol. The molecule has 0 radical (unpaired) electrons. The van der Waals surface area contributed by atoms with Crippen LogP contribution in [0.3, 0.4) is 0 Å². The van der Waals surface area contributed by atoms with Crippen molar-refractivity contribution in [2.45, 2.75) is 40.2 Å². The molecule has 2 atom stereocenters. The maximum atomic E-state index is 10.9. The third kappa shape index (κ3) is 3.38. The number of allylic oxidation sites excluding steroid dienone is 1. The highest BCUT2D eigenvalue weighted by Gasteiger charge is 2.45. The van der Waals surface area contributed by atoms with E-state index in [4.69, 9.17) is 9.47 Å². The molecule has 0 aromatic rings. The normalized spacial score (nSPS) is 22.9. The van der Waals surface area contributed by atoms with Crippen molar-refractivity contribution in [2.75, 3.05) is 0 Å². The van der Waals surface area contributed by atoms with Crippen LogP contribution in [0.1, 0.15) is 34.1 Å². The summed E-state index contributed by atoms with van der Waals surface area (Å²) in [4.78, 5) is 21.6. The molecule has 0 aromatic carbocycles. The summed E-state index contributed by atoms with van der Waals surface area (Å²) in [5.41, 5.74) is 0.949. The maximum Gasteiger partial charge on any atom is 0.307 e. The molecule has 4 heteroatoms. The van der Waals surface area contributed by atoms with E-state index in [9.17, 15) is 9.59 Å². The molecule has 0 heterocycles. The van der Waals surface area contributed by atoms with E-state index in [-0.39, 0.29) is 24.0 Å². The van der Waals surface area contributed by atoms with Crippen LogP contribution < -0.4 is 0 Å². The third-order valence-electron chi connectivity index (χ3n) is 2.13. The lowest BCUT2D eigenvalue weighted by Crippen LogP contribution is -2.08. The molecule has 0 aliphatic heterocycles. The first kappa shape index (κ1) is 11.8. The molecule has 0 unspecified atom stereocenters. The van der Waals surface area contributed by atoms with Crippen LogP contribution in [0.2, 0.25) is 0 Å². The first-order valence-corrected chi connectivity index (χ1v) is 4.94. The Bertz CT molecular complexity index is 313. The number of carbonyl (C=O) groups excluding carboxylic acids is 2. The third-order valence-corrected chi connectivity index (χ3v) is 2.13. The summed E-state index contributed by atoms with van der Waals surface area (Å²) in [5.74, 6) is 0.0784. The molecule has 4 nitrogen and oxygen atoms in total. The van der Waals surface area contributed by atoms with Crippen LogP contribution >= 0.6 is 0 Å². The number of rotatable bonds is 3. The first-order valence-electron chi connectivity index (χ1n) is 4.94. The minimum absolute atomic E-state index is 0.0581. The van der Waals surface area contributed by atoms with Gasteiger partial charge in [-0.2, -0.15) is 0 Å². The number of hydrogen-bond acceptors (Lipinski definition) is 4. The second-order valence-corrected chi connectivity index (χ2v) is 3.95. The van der Waals surface area contributed by atoms with Crippen molar-refractivity contribution in [3.63, 3.8) is 0 Å². The van der Waals surface area contributed by atoms with E-state index in [1.807, 2.05) is 13.8 Å². The quantitative estimate of drug-likeness (QED) is 0.528. The lowest BCUT2D eigenvalue weighted by Gasteiger charge is -2.08. The summed E-state index contributed by atoms with van der Waals surface area (Å²) in [6.45, 7) is 6.50. The van der Waals surface area contributed by atoms with Crippen LogP contribution in [-0.2, 0) is 19.1 Å². The van der Waals surface area contributed by atoms with Crippen molar-refractivity contribution in [1.29, 1.82) is 0 Å². The van der Waals surface area contributed by atoms with Gasteiger partial charge in [0.1, 0.15) is 11.9 Å². The second-order valence-electron chi connectivity index (χ2n) is 3.95. The standard InChI is InChI=1S/C11H16O4/c1-6(2)11(15-8(4)13)9-5-10(9)14-7(3)12/h9-10H,5H2,1-4H3/t9-,10+/m0/s1. The van der Waals surface area contributed by atoms with Gasteiger partial charge in [-0.05, 0) is 25.8 Å². The zero-order chi connectivity index (χ0) is 11.6. The van der Waals surface area contributed by atoms with E-state index in [2.05, 4.69) is 0 Å². The van der Waals surface area contributed by atoms with Crippen molar-refractivity contribution < 1.29 is 19.1 Å². The van der Waals surface area contributed by atoms with Crippen molar-refractivity contribution in [3.05, 3.63) is 11.3 Å². The SMILES string of the molecule is CC(=O)OC(=C(C)C)[C@H]1C[C@H]1OC(C)=O. The predicted octanol–water partition coefficient (Wildman–Crippen LogP) is 1.79. The molecule has 15 heavy (non-hydrogen) atoms. The minimum atomic E-state index is -0.334. The molecular formula is C11H16O4. The molecule has 0 amide bonds. The van der Waals surface area contributed by atoms with E-state index < -0.39 is 0 Å². The predicted molar refractivity (Wildman–Crippen MR) is 53.8 cm³/mol. The van der Waals surface area contributed by atoms with Crippen LogP contribution in [0.25, 0.3) is 0 Å². The molecule has 1 aliphatic carbocycles. The van der Waals surface area contributed by atoms with E-state index in [0.29, 0.717) is 5.76 Å². The highest BCUT2D eigenvalue weighted by molar-refractivity contribution is 5.68. The Morgan fingerprint density at radius 3 is 2.07 bits per heavy atom. The van der Waals surface area contributed by atoms with E-state index >= 15 is 0 Å². The Hall–Kier alpha value is -1.32. The smallest absolute Gasteiger partial charge is 0.307 e. The summed E-state index contributed by atoms with van der Waals surface area (Å²) in [6, 6.07) is 0. The van der Waals surface area contributed by atoms with Crippen LogP contribution in [-0.4, -0.2) is 18.0 Å². The van der Waals surface area contributed by atoms with Crippen LogP contribution in [0.4, 0.5) is 0 Å². The Morgan fingerprint density at radius 1 is 1.07 bits per heavy atom. The van der Waals surface area contributed by atoms with Gasteiger partial charge in [-0.25, -0.2) is 0 Å². The topological polar surface area (TPSA) is 52.6 Å². The van der Waals surface area contributed by atoms with Gasteiger partial charge in [0.2, 0.25) is 0 Å².